The van der Waals surface area contributed by atoms with Gasteiger partial charge in [0.15, 0.2) is 0 Å². The molecule has 0 unspecified atom stereocenters. The highest BCUT2D eigenvalue weighted by molar-refractivity contribution is 7.07. The molecule has 0 radical (unpaired) electrons. The minimum absolute atomic E-state index is 0.0341. The van der Waals surface area contributed by atoms with Crippen LogP contribution in [0.3, 0.4) is 0 Å². The normalized spacial score (nSPS) is 33.3. The molecule has 0 aliphatic heterocycles. The first-order valence-corrected chi connectivity index (χ1v) is 8.58. The molecule has 1 aromatic rings. The van der Waals surface area contributed by atoms with Crippen molar-refractivity contribution >= 4 is 17.2 Å². The van der Waals surface area contributed by atoms with Crippen molar-refractivity contribution in [2.75, 3.05) is 0 Å². The lowest BCUT2D eigenvalue weighted by Gasteiger charge is -2.39. The third-order valence-corrected chi connectivity index (χ3v) is 7.29. The summed E-state index contributed by atoms with van der Waals surface area (Å²) in [7, 11) is 0. The molecule has 21 heavy (non-hydrogen) atoms. The van der Waals surface area contributed by atoms with Crippen LogP contribution in [0.2, 0.25) is 0 Å². The molecule has 0 aromatic carbocycles. The van der Waals surface area contributed by atoms with E-state index in [-0.39, 0.29) is 28.8 Å². The van der Waals surface area contributed by atoms with E-state index in [0.29, 0.717) is 11.3 Å². The number of fused-ring (bicyclic) bond motifs is 2. The zero-order valence-electron chi connectivity index (χ0n) is 13.2. The lowest BCUT2D eigenvalue weighted by Crippen LogP contribution is -2.48. The van der Waals surface area contributed by atoms with E-state index in [2.05, 4.69) is 26.1 Å². The summed E-state index contributed by atoms with van der Waals surface area (Å²) in [6.07, 6.45) is 3.54. The quantitative estimate of drug-likeness (QED) is 0.933. The Bertz CT molecular complexity index is 630. The molecule has 116 valence electrons. The van der Waals surface area contributed by atoms with Gasteiger partial charge in [-0.1, -0.05) is 32.1 Å². The molecule has 1 N–H and O–H groups in total. The van der Waals surface area contributed by atoms with Crippen LogP contribution in [0.1, 0.15) is 45.7 Å². The van der Waals surface area contributed by atoms with Gasteiger partial charge in [0.25, 0.3) is 0 Å². The van der Waals surface area contributed by atoms with Gasteiger partial charge in [0, 0.05) is 17.1 Å². The molecule has 0 saturated heterocycles. The summed E-state index contributed by atoms with van der Waals surface area (Å²) in [5, 5.41) is 5.01. The third kappa shape index (κ3) is 2.08. The highest BCUT2D eigenvalue weighted by Crippen LogP contribution is 2.65. The summed E-state index contributed by atoms with van der Waals surface area (Å²) >= 11 is 1.15. The second-order valence-corrected chi connectivity index (χ2v) is 8.28. The smallest absolute Gasteiger partial charge is 0.307 e. The SMILES string of the molecule is Cc1csc(=O)n1CC(=O)N[C@H]1C[C@H]2CC[C@]1(C)C2(C)C. The van der Waals surface area contributed by atoms with Crippen LogP contribution in [0.5, 0.6) is 0 Å². The van der Waals surface area contributed by atoms with Crippen LogP contribution >= 0.6 is 11.3 Å². The summed E-state index contributed by atoms with van der Waals surface area (Å²) in [6, 6.07) is 0.244. The number of nitrogens with zero attached hydrogens (tertiary/aromatic N) is 1. The van der Waals surface area contributed by atoms with E-state index in [1.807, 2.05) is 6.92 Å². The standard InChI is InChI=1S/C16H24N2O2S/c1-10-9-21-14(20)18(10)8-13(19)17-12-7-11-5-6-16(12,4)15(11,2)3/h9,11-12H,5-8H2,1-4H3,(H,17,19)/t11-,12+,16+/m1/s1. The number of hydrogen-bond acceptors (Lipinski definition) is 3. The molecular formula is C16H24N2O2S. The van der Waals surface area contributed by atoms with Gasteiger partial charge in [-0.2, -0.15) is 0 Å². The van der Waals surface area contributed by atoms with E-state index < -0.39 is 0 Å². The van der Waals surface area contributed by atoms with Crippen LogP contribution in [0.15, 0.2) is 10.2 Å². The minimum atomic E-state index is -0.0536. The van der Waals surface area contributed by atoms with Gasteiger partial charge < -0.3 is 5.32 Å². The summed E-state index contributed by atoms with van der Waals surface area (Å²) in [5.41, 5.74) is 1.34. The van der Waals surface area contributed by atoms with Gasteiger partial charge >= 0.3 is 4.87 Å². The third-order valence-electron chi connectivity index (χ3n) is 6.41. The second-order valence-electron chi connectivity index (χ2n) is 7.46. The molecule has 4 nitrogen and oxygen atoms in total. The van der Waals surface area contributed by atoms with Gasteiger partial charge in [-0.05, 0) is 42.9 Å². The Balaban J connectivity index is 1.71. The molecular weight excluding hydrogens is 284 g/mol. The molecule has 1 heterocycles. The maximum Gasteiger partial charge on any atom is 0.307 e. The Kier molecular flexibility index (Phi) is 3.32. The molecule has 2 aliphatic carbocycles. The van der Waals surface area contributed by atoms with Crippen LogP contribution in [-0.4, -0.2) is 16.5 Å². The van der Waals surface area contributed by atoms with E-state index in [1.165, 1.54) is 12.8 Å². The predicted molar refractivity (Wildman–Crippen MR) is 84.5 cm³/mol. The number of hydrogen-bond donors (Lipinski definition) is 1. The number of thiazole rings is 1. The fraction of sp³-hybridized carbons (Fsp3) is 0.750. The van der Waals surface area contributed by atoms with Gasteiger partial charge in [0.05, 0.1) is 0 Å². The number of rotatable bonds is 3. The van der Waals surface area contributed by atoms with E-state index in [9.17, 15) is 9.59 Å². The van der Waals surface area contributed by atoms with Gasteiger partial charge in [0.2, 0.25) is 5.91 Å². The first kappa shape index (κ1) is 14.8. The van der Waals surface area contributed by atoms with E-state index >= 15 is 0 Å². The number of nitrogens with one attached hydrogen (secondary N) is 1. The van der Waals surface area contributed by atoms with Crippen LogP contribution in [0, 0.1) is 23.7 Å². The minimum Gasteiger partial charge on any atom is -0.351 e. The van der Waals surface area contributed by atoms with Gasteiger partial charge in [0.1, 0.15) is 6.54 Å². The molecule has 1 aromatic heterocycles. The second kappa shape index (κ2) is 4.70. The average molecular weight is 308 g/mol. The molecule has 2 fully saturated rings. The maximum absolute atomic E-state index is 12.3. The van der Waals surface area contributed by atoms with E-state index in [0.717, 1.165) is 23.5 Å². The molecule has 3 rings (SSSR count). The monoisotopic (exact) mass is 308 g/mol. The van der Waals surface area contributed by atoms with Gasteiger partial charge in [-0.25, -0.2) is 0 Å². The number of amides is 1. The molecule has 2 saturated carbocycles. The van der Waals surface area contributed by atoms with Crippen molar-refractivity contribution in [3.63, 3.8) is 0 Å². The molecule has 2 aliphatic rings. The zero-order valence-corrected chi connectivity index (χ0v) is 14.0. The predicted octanol–water partition coefficient (Wildman–Crippen LogP) is 2.55. The Morgan fingerprint density at radius 1 is 1.48 bits per heavy atom. The molecule has 5 heteroatoms. The van der Waals surface area contributed by atoms with Crippen molar-refractivity contribution < 1.29 is 4.79 Å². The van der Waals surface area contributed by atoms with Gasteiger partial charge in [-0.3, -0.25) is 14.2 Å². The van der Waals surface area contributed by atoms with Crippen LogP contribution in [-0.2, 0) is 11.3 Å². The maximum atomic E-state index is 12.3. The summed E-state index contributed by atoms with van der Waals surface area (Å²) < 4.78 is 1.56. The van der Waals surface area contributed by atoms with E-state index in [4.69, 9.17) is 0 Å². The molecule has 1 amide bonds. The number of carbonyl (C=O) groups excluding carboxylic acids is 1. The van der Waals surface area contributed by atoms with E-state index in [1.54, 1.807) is 9.95 Å². The Labute approximate surface area is 129 Å². The average Bonchev–Trinajstić information content (AvgIpc) is 2.89. The largest absolute Gasteiger partial charge is 0.351 e. The van der Waals surface area contributed by atoms with Crippen molar-refractivity contribution in [2.24, 2.45) is 16.7 Å². The number of aryl methyl sites for hydroxylation is 1. The first-order chi connectivity index (χ1) is 9.75. The number of aromatic nitrogens is 1. The summed E-state index contributed by atoms with van der Waals surface area (Å²) in [6.45, 7) is 9.00. The summed E-state index contributed by atoms with van der Waals surface area (Å²) in [5.74, 6) is 0.673. The van der Waals surface area contributed by atoms with Gasteiger partial charge in [-0.15, -0.1) is 0 Å². The van der Waals surface area contributed by atoms with Crippen molar-refractivity contribution in [2.45, 2.75) is 59.5 Å². The lowest BCUT2D eigenvalue weighted by molar-refractivity contribution is -0.123. The van der Waals surface area contributed by atoms with Crippen LogP contribution in [0.25, 0.3) is 0 Å². The van der Waals surface area contributed by atoms with Crippen molar-refractivity contribution in [3.8, 4) is 0 Å². The highest BCUT2D eigenvalue weighted by Gasteiger charge is 2.61. The first-order valence-electron chi connectivity index (χ1n) is 7.70. The molecule has 2 bridgehead atoms. The highest BCUT2D eigenvalue weighted by atomic mass is 32.1. The zero-order chi connectivity index (χ0) is 15.4. The summed E-state index contributed by atoms with van der Waals surface area (Å²) in [4.78, 5) is 24.0. The molecule has 3 atom stereocenters. The van der Waals surface area contributed by atoms with Crippen molar-refractivity contribution in [1.29, 1.82) is 0 Å². The van der Waals surface area contributed by atoms with Crippen LogP contribution < -0.4 is 10.2 Å². The Morgan fingerprint density at radius 2 is 2.19 bits per heavy atom. The lowest BCUT2D eigenvalue weighted by atomic mass is 9.69. The fourth-order valence-corrected chi connectivity index (χ4v) is 5.14. The topological polar surface area (TPSA) is 51.1 Å². The fourth-order valence-electron chi connectivity index (χ4n) is 4.40. The van der Waals surface area contributed by atoms with Crippen LogP contribution in [0.4, 0.5) is 0 Å². The van der Waals surface area contributed by atoms with Crippen molar-refractivity contribution in [1.82, 2.24) is 9.88 Å². The Hall–Kier alpha value is -1.10. The van der Waals surface area contributed by atoms with Crippen molar-refractivity contribution in [3.05, 3.63) is 20.7 Å². The number of carbonyl (C=O) groups is 1. The molecule has 0 spiro atoms. The Morgan fingerprint density at radius 3 is 2.67 bits per heavy atom.